The highest BCUT2D eigenvalue weighted by molar-refractivity contribution is 7.25. The molecule has 0 aliphatic heterocycles. The van der Waals surface area contributed by atoms with Gasteiger partial charge in [0.25, 0.3) is 0 Å². The lowest BCUT2D eigenvalue weighted by atomic mass is 9.73. The van der Waals surface area contributed by atoms with Gasteiger partial charge in [0, 0.05) is 20.2 Å². The van der Waals surface area contributed by atoms with Gasteiger partial charge in [0.05, 0.1) is 0 Å². The van der Waals surface area contributed by atoms with Crippen molar-refractivity contribution < 1.29 is 0 Å². The zero-order valence-electron chi connectivity index (χ0n) is 42.3. The van der Waals surface area contributed by atoms with Crippen molar-refractivity contribution in [2.45, 2.75) is 138 Å². The Morgan fingerprint density at radius 3 is 1.15 bits per heavy atom. The summed E-state index contributed by atoms with van der Waals surface area (Å²) >= 11 is 1.89. The average molecular weight is 883 g/mol. The second-order valence-corrected chi connectivity index (χ2v) is 24.3. The lowest BCUT2D eigenvalue weighted by Gasteiger charge is -2.31. The fourth-order valence-corrected chi connectivity index (χ4v) is 11.7. The van der Waals surface area contributed by atoms with Crippen LogP contribution < -0.4 is 0 Å². The summed E-state index contributed by atoms with van der Waals surface area (Å²) in [5.74, 6) is 1.34. The van der Waals surface area contributed by atoms with Crippen molar-refractivity contribution in [2.75, 3.05) is 0 Å². The molecule has 0 fully saturated rings. The van der Waals surface area contributed by atoms with E-state index in [2.05, 4.69) is 237 Å². The Morgan fingerprint density at radius 1 is 0.333 bits per heavy atom. The fourth-order valence-electron chi connectivity index (χ4n) is 10.6. The molecule has 0 unspecified atom stereocenters. The van der Waals surface area contributed by atoms with E-state index in [0.29, 0.717) is 17.8 Å². The second-order valence-electron chi connectivity index (χ2n) is 23.2. The van der Waals surface area contributed by atoms with Gasteiger partial charge in [-0.25, -0.2) is 0 Å². The van der Waals surface area contributed by atoms with Crippen LogP contribution in [0.5, 0.6) is 0 Å². The van der Waals surface area contributed by atoms with Crippen LogP contribution in [0.3, 0.4) is 0 Å². The zero-order chi connectivity index (χ0) is 47.2. The van der Waals surface area contributed by atoms with Gasteiger partial charge in [-0.15, -0.1) is 11.3 Å². The van der Waals surface area contributed by atoms with Gasteiger partial charge in [-0.3, -0.25) is 0 Å². The largest absolute Gasteiger partial charge is 0.135 e. The van der Waals surface area contributed by atoms with Gasteiger partial charge >= 0.3 is 0 Å². The van der Waals surface area contributed by atoms with Crippen LogP contribution in [0.25, 0.3) is 86.2 Å². The van der Waals surface area contributed by atoms with E-state index in [4.69, 9.17) is 0 Å². The van der Waals surface area contributed by atoms with Gasteiger partial charge in [-0.2, -0.15) is 0 Å². The molecule has 0 spiro atoms. The molecule has 0 bridgehead atoms. The third kappa shape index (κ3) is 8.32. The zero-order valence-corrected chi connectivity index (χ0v) is 43.2. The van der Waals surface area contributed by atoms with Crippen molar-refractivity contribution in [1.29, 1.82) is 0 Å². The first-order valence-electron chi connectivity index (χ1n) is 24.5. The van der Waals surface area contributed by atoms with Crippen molar-refractivity contribution >= 4 is 53.1 Å². The van der Waals surface area contributed by atoms with E-state index < -0.39 is 0 Å². The molecule has 0 aliphatic rings. The minimum atomic E-state index is -0.0926. The molecule has 0 saturated carbocycles. The van der Waals surface area contributed by atoms with Crippen LogP contribution in [0.1, 0.15) is 155 Å². The lowest BCUT2D eigenvalue weighted by molar-refractivity contribution is 0.590. The molecule has 8 aromatic carbocycles. The molecule has 0 N–H and O–H groups in total. The van der Waals surface area contributed by atoms with E-state index in [1.807, 2.05) is 11.3 Å². The summed E-state index contributed by atoms with van der Waals surface area (Å²) in [6, 6.07) is 52.3. The minimum Gasteiger partial charge on any atom is -0.135 e. The Balaban J connectivity index is 1.19. The molecule has 0 aliphatic carbocycles. The summed E-state index contributed by atoms with van der Waals surface area (Å²) in [4.78, 5) is 0. The van der Waals surface area contributed by atoms with Crippen molar-refractivity contribution in [3.8, 4) is 44.5 Å². The first kappa shape index (κ1) is 45.6. The molecule has 66 heavy (non-hydrogen) atoms. The molecule has 1 heterocycles. The maximum absolute atomic E-state index is 2.51. The summed E-state index contributed by atoms with van der Waals surface area (Å²) < 4.78 is 2.66. The summed E-state index contributed by atoms with van der Waals surface area (Å²) in [6.45, 7) is 35.2. The third-order valence-electron chi connectivity index (χ3n) is 14.1. The molecule has 1 heteroatoms. The van der Waals surface area contributed by atoms with Crippen LogP contribution in [0.4, 0.5) is 0 Å². The first-order valence-corrected chi connectivity index (χ1v) is 25.3. The maximum Gasteiger partial charge on any atom is 0.0355 e. The Bertz CT molecular complexity index is 3280. The summed E-state index contributed by atoms with van der Waals surface area (Å²) in [7, 11) is 0. The molecule has 0 atom stereocenters. The van der Waals surface area contributed by atoms with Gasteiger partial charge in [0.15, 0.2) is 0 Å². The van der Waals surface area contributed by atoms with Crippen LogP contribution in [-0.4, -0.2) is 0 Å². The smallest absolute Gasteiger partial charge is 0.0355 e. The number of benzene rings is 8. The summed E-state index contributed by atoms with van der Waals surface area (Å²) in [5.41, 5.74) is 18.8. The Labute approximate surface area is 400 Å². The van der Waals surface area contributed by atoms with Gasteiger partial charge in [0.1, 0.15) is 0 Å². The van der Waals surface area contributed by atoms with Crippen LogP contribution in [0.15, 0.2) is 133 Å². The van der Waals surface area contributed by atoms with Gasteiger partial charge in [-0.05, 0) is 176 Å². The van der Waals surface area contributed by atoms with Crippen LogP contribution in [0.2, 0.25) is 0 Å². The Morgan fingerprint density at radius 2 is 0.727 bits per heavy atom. The predicted molar refractivity (Wildman–Crippen MR) is 294 cm³/mol. The molecule has 0 saturated heterocycles. The molecule has 336 valence electrons. The van der Waals surface area contributed by atoms with E-state index in [0.717, 1.165) is 0 Å². The van der Waals surface area contributed by atoms with E-state index in [1.54, 1.807) is 0 Å². The first-order chi connectivity index (χ1) is 31.1. The molecular formula is C65H70S. The van der Waals surface area contributed by atoms with E-state index >= 15 is 0 Å². The molecule has 0 radical (unpaired) electrons. The molecule has 1 aromatic heterocycles. The maximum atomic E-state index is 2.51. The Hall–Kier alpha value is -5.50. The average Bonchev–Trinajstić information content (AvgIpc) is 3.63. The molecule has 0 nitrogen and oxygen atoms in total. The van der Waals surface area contributed by atoms with E-state index in [9.17, 15) is 0 Å². The highest BCUT2D eigenvalue weighted by Gasteiger charge is 2.28. The number of thiophene rings is 1. The molecular weight excluding hydrogens is 813 g/mol. The molecule has 9 aromatic rings. The molecule has 0 amide bonds. The van der Waals surface area contributed by atoms with Crippen molar-refractivity contribution in [3.63, 3.8) is 0 Å². The quantitative estimate of drug-likeness (QED) is 0.140. The fraction of sp³-hybridized carbons (Fsp3) is 0.323. The van der Waals surface area contributed by atoms with Crippen molar-refractivity contribution in [3.05, 3.63) is 167 Å². The number of rotatable bonds is 7. The summed E-state index contributed by atoms with van der Waals surface area (Å²) in [6.07, 6.45) is 0. The molecule has 9 rings (SSSR count). The highest BCUT2D eigenvalue weighted by Crippen LogP contribution is 2.47. The lowest BCUT2D eigenvalue weighted by Crippen LogP contribution is -2.17. The predicted octanol–water partition coefficient (Wildman–Crippen LogP) is 20.3. The van der Waals surface area contributed by atoms with E-state index in [1.165, 1.54) is 120 Å². The minimum absolute atomic E-state index is 0.0926. The number of hydrogen-bond donors (Lipinski definition) is 0. The van der Waals surface area contributed by atoms with Crippen molar-refractivity contribution in [1.82, 2.24) is 0 Å². The SMILES string of the molecule is CC(C)c1cc(C(C)C)c(-c2cccc(-c3ccc4c(C(C)(C)C)c5cc(-c6ccc7sc8ccc(-c9ccc(C(C)(C)C)cc9)cc8c7c6)ccc5c(C(C)(C)C)c4c3)c2)c(C(C)C)c1. The van der Waals surface area contributed by atoms with Crippen LogP contribution in [0, 0.1) is 0 Å². The number of hydrogen-bond acceptors (Lipinski definition) is 1. The van der Waals surface area contributed by atoms with Crippen molar-refractivity contribution in [2.24, 2.45) is 0 Å². The van der Waals surface area contributed by atoms with Crippen LogP contribution in [-0.2, 0) is 16.2 Å². The third-order valence-corrected chi connectivity index (χ3v) is 15.3. The van der Waals surface area contributed by atoms with Gasteiger partial charge in [-0.1, -0.05) is 195 Å². The second kappa shape index (κ2) is 16.7. The topological polar surface area (TPSA) is 0 Å². The van der Waals surface area contributed by atoms with Crippen LogP contribution >= 0.6 is 11.3 Å². The van der Waals surface area contributed by atoms with Gasteiger partial charge < -0.3 is 0 Å². The van der Waals surface area contributed by atoms with Gasteiger partial charge in [0.2, 0.25) is 0 Å². The normalized spacial score (nSPS) is 12.9. The van der Waals surface area contributed by atoms with E-state index in [-0.39, 0.29) is 16.2 Å². The number of fused-ring (bicyclic) bond motifs is 5. The summed E-state index contributed by atoms with van der Waals surface area (Å²) in [5, 5.41) is 8.08. The highest BCUT2D eigenvalue weighted by atomic mass is 32.1. The monoisotopic (exact) mass is 883 g/mol. The Kier molecular flexibility index (Phi) is 11.5. The standard InChI is InChI=1S/C65H70S/c1-38(2)48-36-52(39(3)4)60(53(37-48)40(5)6)47-18-16-17-42(31-47)44-21-27-50-56(34-44)61(64(10,11)12)51-28-22-45(35-57(51)62(50)65(13,14)15)46-24-30-59-55(33-46)54-32-43(23-29-58(54)66-59)41-19-25-49(26-20-41)63(7,8)9/h16-40H,1-15H3.